The molecule has 2 aromatic carbocycles. The van der Waals surface area contributed by atoms with Gasteiger partial charge in [-0.1, -0.05) is 18.2 Å². The lowest BCUT2D eigenvalue weighted by Crippen LogP contribution is -2.13. The van der Waals surface area contributed by atoms with Crippen LogP contribution in [0.2, 0.25) is 0 Å². The normalized spacial score (nSPS) is 11.7. The lowest BCUT2D eigenvalue weighted by Gasteiger charge is -2.20. The van der Waals surface area contributed by atoms with Crippen LogP contribution in [0.4, 0.5) is 20.3 Å². The van der Waals surface area contributed by atoms with Gasteiger partial charge in [0.2, 0.25) is 0 Å². The van der Waals surface area contributed by atoms with Crippen LogP contribution in [0.5, 0.6) is 0 Å². The third-order valence-electron chi connectivity index (χ3n) is 4.21. The zero-order chi connectivity index (χ0) is 18.3. The Balaban J connectivity index is 2.03. The topological polar surface area (TPSA) is 46.3 Å². The molecule has 0 radical (unpaired) electrons. The van der Waals surface area contributed by atoms with Gasteiger partial charge in [0, 0.05) is 23.7 Å². The molecule has 0 saturated carbocycles. The Morgan fingerprint density at radius 3 is 2.77 bits per heavy atom. The summed E-state index contributed by atoms with van der Waals surface area (Å²) in [5.41, 5.74) is 1.77. The molecule has 0 atom stereocenters. The summed E-state index contributed by atoms with van der Waals surface area (Å²) in [4.78, 5) is 6.20. The molecule has 4 rings (SSSR count). The lowest BCUT2D eigenvalue weighted by atomic mass is 10.1. The van der Waals surface area contributed by atoms with Gasteiger partial charge in [-0.25, -0.2) is 8.78 Å². The molecule has 0 unspecified atom stereocenters. The van der Waals surface area contributed by atoms with Gasteiger partial charge in [0.25, 0.3) is 5.78 Å². The minimum Gasteiger partial charge on any atom is -0.329 e. The van der Waals surface area contributed by atoms with Crippen molar-refractivity contribution in [2.45, 2.75) is 6.92 Å². The first kappa shape index (κ1) is 16.1. The maximum atomic E-state index is 14.5. The van der Waals surface area contributed by atoms with Gasteiger partial charge < -0.3 is 4.90 Å². The number of anilines is 2. The van der Waals surface area contributed by atoms with E-state index in [4.69, 9.17) is 0 Å². The third kappa shape index (κ3) is 2.57. The van der Waals surface area contributed by atoms with Crippen LogP contribution in [0.25, 0.3) is 22.8 Å². The minimum absolute atomic E-state index is 0.358. The number of benzene rings is 2. The average Bonchev–Trinajstić information content (AvgIpc) is 3.10. The molecular weight excluding hydrogens is 336 g/mol. The van der Waals surface area contributed by atoms with Crippen molar-refractivity contribution in [1.29, 1.82) is 0 Å². The summed E-state index contributed by atoms with van der Waals surface area (Å²) in [6.45, 7) is 1.83. The number of allylic oxidation sites excluding steroid dienone is 1. The fourth-order valence-corrected chi connectivity index (χ4v) is 2.96. The van der Waals surface area contributed by atoms with E-state index in [1.807, 2.05) is 6.92 Å². The molecule has 0 fully saturated rings. The predicted molar refractivity (Wildman–Crippen MR) is 97.4 cm³/mol. The van der Waals surface area contributed by atoms with Crippen LogP contribution in [0.1, 0.15) is 12.5 Å². The SMILES string of the molecule is C/C=C/c1cc2c(cc1F)c(N(C)c1cccc(F)c1)nc1nncn12. The quantitative estimate of drug-likeness (QED) is 0.550. The zero-order valence-corrected chi connectivity index (χ0v) is 14.2. The van der Waals surface area contributed by atoms with E-state index < -0.39 is 0 Å². The molecule has 5 nitrogen and oxygen atoms in total. The molecule has 4 aromatic rings. The van der Waals surface area contributed by atoms with E-state index in [2.05, 4.69) is 15.2 Å². The highest BCUT2D eigenvalue weighted by Gasteiger charge is 2.17. The van der Waals surface area contributed by atoms with E-state index in [1.165, 1.54) is 24.5 Å². The van der Waals surface area contributed by atoms with E-state index in [1.54, 1.807) is 46.7 Å². The Morgan fingerprint density at radius 2 is 2.00 bits per heavy atom. The largest absolute Gasteiger partial charge is 0.329 e. The Hall–Kier alpha value is -3.35. The van der Waals surface area contributed by atoms with E-state index in [0.717, 1.165) is 0 Å². The highest BCUT2D eigenvalue weighted by molar-refractivity contribution is 5.94. The zero-order valence-electron chi connectivity index (χ0n) is 14.2. The second-order valence-corrected chi connectivity index (χ2v) is 5.87. The van der Waals surface area contributed by atoms with Crippen LogP contribution in [-0.4, -0.2) is 26.6 Å². The molecule has 0 spiro atoms. The first-order chi connectivity index (χ1) is 12.6. The summed E-state index contributed by atoms with van der Waals surface area (Å²) in [5, 5.41) is 8.49. The summed E-state index contributed by atoms with van der Waals surface area (Å²) in [7, 11) is 1.75. The number of fused-ring (bicyclic) bond motifs is 3. The first-order valence-electron chi connectivity index (χ1n) is 8.03. The van der Waals surface area contributed by atoms with Crippen molar-refractivity contribution in [3.8, 4) is 0 Å². The molecule has 0 saturated heterocycles. The molecule has 0 aliphatic rings. The van der Waals surface area contributed by atoms with Gasteiger partial charge in [-0.15, -0.1) is 10.2 Å². The van der Waals surface area contributed by atoms with Crippen LogP contribution in [-0.2, 0) is 0 Å². The number of hydrogen-bond acceptors (Lipinski definition) is 4. The van der Waals surface area contributed by atoms with Gasteiger partial charge in [0.1, 0.15) is 23.8 Å². The molecule has 0 aliphatic carbocycles. The Kier molecular flexibility index (Phi) is 3.84. The van der Waals surface area contributed by atoms with Crippen molar-refractivity contribution in [1.82, 2.24) is 19.6 Å². The van der Waals surface area contributed by atoms with Gasteiger partial charge in [-0.05, 0) is 37.3 Å². The monoisotopic (exact) mass is 351 g/mol. The number of aromatic nitrogens is 4. The molecule has 0 amide bonds. The first-order valence-corrected chi connectivity index (χ1v) is 8.03. The van der Waals surface area contributed by atoms with Gasteiger partial charge in [0.05, 0.1) is 5.52 Å². The van der Waals surface area contributed by atoms with E-state index >= 15 is 0 Å². The van der Waals surface area contributed by atoms with Crippen LogP contribution in [0.15, 0.2) is 48.8 Å². The number of nitrogens with zero attached hydrogens (tertiary/aromatic N) is 5. The van der Waals surface area contributed by atoms with Crippen LogP contribution < -0.4 is 4.90 Å². The standard InChI is InChI=1S/C19H15F2N5/c1-3-5-12-8-17-15(10-16(12)21)18(23-19-24-22-11-26(17)19)25(2)14-7-4-6-13(20)9-14/h3-11H,1-2H3/b5-3+. The third-order valence-corrected chi connectivity index (χ3v) is 4.21. The van der Waals surface area contributed by atoms with Crippen molar-refractivity contribution < 1.29 is 8.78 Å². The second kappa shape index (κ2) is 6.18. The lowest BCUT2D eigenvalue weighted by molar-refractivity contribution is 0.626. The fourth-order valence-electron chi connectivity index (χ4n) is 2.96. The van der Waals surface area contributed by atoms with Crippen molar-refractivity contribution in [3.05, 3.63) is 66.0 Å². The van der Waals surface area contributed by atoms with Gasteiger partial charge >= 0.3 is 0 Å². The van der Waals surface area contributed by atoms with Crippen molar-refractivity contribution in [2.24, 2.45) is 0 Å². The molecule has 130 valence electrons. The Morgan fingerprint density at radius 1 is 1.15 bits per heavy atom. The van der Waals surface area contributed by atoms with Crippen LogP contribution in [0.3, 0.4) is 0 Å². The molecule has 0 aliphatic heterocycles. The number of halogens is 2. The average molecular weight is 351 g/mol. The fraction of sp³-hybridized carbons (Fsp3) is 0.105. The summed E-state index contributed by atoms with van der Waals surface area (Å²) in [6.07, 6.45) is 5.00. The summed E-state index contributed by atoms with van der Waals surface area (Å²) in [6, 6.07) is 9.30. The van der Waals surface area contributed by atoms with Crippen LogP contribution in [0, 0.1) is 11.6 Å². The van der Waals surface area contributed by atoms with Crippen molar-refractivity contribution in [2.75, 3.05) is 11.9 Å². The van der Waals surface area contributed by atoms with Gasteiger partial charge in [0.15, 0.2) is 0 Å². The second-order valence-electron chi connectivity index (χ2n) is 5.87. The highest BCUT2D eigenvalue weighted by atomic mass is 19.1. The molecule has 2 aromatic heterocycles. The smallest absolute Gasteiger partial charge is 0.257 e. The summed E-state index contributed by atoms with van der Waals surface area (Å²) < 4.78 is 29.9. The Labute approximate surface area is 148 Å². The molecule has 2 heterocycles. The highest BCUT2D eigenvalue weighted by Crippen LogP contribution is 2.32. The van der Waals surface area contributed by atoms with E-state index in [-0.39, 0.29) is 11.6 Å². The molecule has 0 bridgehead atoms. The minimum atomic E-state index is -0.362. The molecular formula is C19H15F2N5. The van der Waals surface area contributed by atoms with Gasteiger partial charge in [-0.2, -0.15) is 4.98 Å². The van der Waals surface area contributed by atoms with Crippen LogP contribution >= 0.6 is 0 Å². The van der Waals surface area contributed by atoms with Crippen molar-refractivity contribution in [3.63, 3.8) is 0 Å². The van der Waals surface area contributed by atoms with Crippen molar-refractivity contribution >= 4 is 34.3 Å². The Bertz CT molecular complexity index is 1150. The van der Waals surface area contributed by atoms with E-state index in [9.17, 15) is 8.78 Å². The predicted octanol–water partition coefficient (Wildman–Crippen LogP) is 4.36. The molecule has 26 heavy (non-hydrogen) atoms. The number of hydrogen-bond donors (Lipinski definition) is 0. The summed E-state index contributed by atoms with van der Waals surface area (Å²) >= 11 is 0. The molecule has 0 N–H and O–H groups in total. The van der Waals surface area contributed by atoms with Gasteiger partial charge in [-0.3, -0.25) is 4.40 Å². The number of rotatable bonds is 3. The maximum Gasteiger partial charge on any atom is 0.257 e. The van der Waals surface area contributed by atoms with E-state index in [0.29, 0.717) is 33.7 Å². The maximum absolute atomic E-state index is 14.5. The molecule has 7 heteroatoms. The summed E-state index contributed by atoms with van der Waals surface area (Å²) in [5.74, 6) is 0.133.